The van der Waals surface area contributed by atoms with Crippen LogP contribution in [0.15, 0.2) is 0 Å². The largest absolute Gasteiger partial charge is 3.00 e. The molecule has 0 unspecified atom stereocenters. The van der Waals surface area contributed by atoms with Crippen LogP contribution in [0.2, 0.25) is 0 Å². The Bertz CT molecular complexity index is 129. The van der Waals surface area contributed by atoms with Crippen molar-refractivity contribution in [1.82, 2.24) is 0 Å². The Labute approximate surface area is 101 Å². The van der Waals surface area contributed by atoms with Crippen LogP contribution in [0.5, 0.6) is 0 Å². The fourth-order valence-electron chi connectivity index (χ4n) is 0. The standard InChI is InChI=1S/Al.Na.2H3O4P/c;;2*1-5(2,3)4/h;;2*(H3,1,2,3,4)/q+3;+1;;/p-4. The fourth-order valence-corrected chi connectivity index (χ4v) is 0. The van der Waals surface area contributed by atoms with Gasteiger partial charge in [-0.05, 0) is 0 Å². The van der Waals surface area contributed by atoms with E-state index in [0.717, 1.165) is 0 Å². The molecule has 0 aromatic rings. The molecule has 2 N–H and O–H groups in total. The van der Waals surface area contributed by atoms with Crippen LogP contribution in [-0.4, -0.2) is 27.1 Å². The number of hydrogen-bond acceptors (Lipinski definition) is 6. The molecular formula is H2AlNaO8P2. The predicted molar refractivity (Wildman–Crippen MR) is 25.4 cm³/mol. The predicted octanol–water partition coefficient (Wildman–Crippen LogP) is -7.76. The Morgan fingerprint density at radius 2 is 0.833 bits per heavy atom. The summed E-state index contributed by atoms with van der Waals surface area (Å²) < 4.78 is 17.3. The molecule has 0 rings (SSSR count). The van der Waals surface area contributed by atoms with Crippen LogP contribution in [0.3, 0.4) is 0 Å². The van der Waals surface area contributed by atoms with Crippen LogP contribution in [-0.2, 0) is 9.13 Å². The van der Waals surface area contributed by atoms with Gasteiger partial charge in [-0.25, -0.2) is 0 Å². The minimum atomic E-state index is -5.14. The van der Waals surface area contributed by atoms with Gasteiger partial charge in [-0.15, -0.1) is 0 Å². The maximum atomic E-state index is 8.66. The molecule has 8 nitrogen and oxygen atoms in total. The summed E-state index contributed by atoms with van der Waals surface area (Å²) in [5.41, 5.74) is 0. The average Bonchev–Trinajstić information content (AvgIpc) is 1.12. The van der Waals surface area contributed by atoms with Gasteiger partial charge in [0.15, 0.2) is 0 Å². The molecule has 0 aliphatic rings. The molecule has 0 saturated heterocycles. The quantitative estimate of drug-likeness (QED) is 0.311. The second-order valence-electron chi connectivity index (χ2n) is 0.937. The summed E-state index contributed by atoms with van der Waals surface area (Å²) in [6.45, 7) is 0. The van der Waals surface area contributed by atoms with Crippen molar-refractivity contribution in [3.8, 4) is 0 Å². The molecule has 0 heterocycles. The van der Waals surface area contributed by atoms with Gasteiger partial charge in [0.25, 0.3) is 0 Å². The Balaban J connectivity index is -0.0000000457. The van der Waals surface area contributed by atoms with E-state index in [2.05, 4.69) is 0 Å². The normalized spacial score (nSPS) is 9.83. The van der Waals surface area contributed by atoms with E-state index in [0.29, 0.717) is 0 Å². The molecule has 0 aliphatic carbocycles. The zero-order valence-corrected chi connectivity index (χ0v) is 10.8. The van der Waals surface area contributed by atoms with E-state index in [1.54, 1.807) is 0 Å². The number of hydrogen-bond donors (Lipinski definition) is 2. The minimum absolute atomic E-state index is 0. The van der Waals surface area contributed by atoms with Crippen molar-refractivity contribution in [2.45, 2.75) is 0 Å². The monoisotopic (exact) mass is 242 g/mol. The van der Waals surface area contributed by atoms with E-state index < -0.39 is 15.6 Å². The molecule has 0 amide bonds. The van der Waals surface area contributed by atoms with Crippen LogP contribution >= 0.6 is 15.6 Å². The first kappa shape index (κ1) is 23.5. The second kappa shape index (κ2) is 9.31. The summed E-state index contributed by atoms with van der Waals surface area (Å²) in [6.07, 6.45) is 0. The van der Waals surface area contributed by atoms with Gasteiger partial charge in [-0.3, -0.25) is 0 Å². The third kappa shape index (κ3) is 442. The molecule has 0 fully saturated rings. The van der Waals surface area contributed by atoms with E-state index >= 15 is 0 Å². The number of phosphoric acid groups is 2. The number of rotatable bonds is 0. The molecule has 0 aliphatic heterocycles. The topological polar surface area (TPSA) is 167 Å². The van der Waals surface area contributed by atoms with Crippen LogP contribution in [0.25, 0.3) is 0 Å². The van der Waals surface area contributed by atoms with E-state index in [-0.39, 0.29) is 46.9 Å². The molecule has 12 heavy (non-hydrogen) atoms. The summed E-state index contributed by atoms with van der Waals surface area (Å²) in [5.74, 6) is 0. The molecular weight excluding hydrogens is 240 g/mol. The van der Waals surface area contributed by atoms with E-state index in [4.69, 9.17) is 38.5 Å². The van der Waals surface area contributed by atoms with Crippen molar-refractivity contribution in [2.24, 2.45) is 0 Å². The van der Waals surface area contributed by atoms with Crippen molar-refractivity contribution in [3.63, 3.8) is 0 Å². The summed E-state index contributed by atoms with van der Waals surface area (Å²) in [5, 5.41) is 0. The SMILES string of the molecule is O=P([O-])([O-])O.O=P([O-])([O-])O.[Al+3].[Na+]. The van der Waals surface area contributed by atoms with Crippen molar-refractivity contribution in [3.05, 3.63) is 0 Å². The minimum Gasteiger partial charge on any atom is -0.790 e. The average molecular weight is 242 g/mol. The Hall–Kier alpha value is 1.75. The zero-order chi connectivity index (χ0) is 9.00. The summed E-state index contributed by atoms with van der Waals surface area (Å²) in [6, 6.07) is 0. The van der Waals surface area contributed by atoms with Crippen molar-refractivity contribution < 1.29 is 68.0 Å². The summed E-state index contributed by atoms with van der Waals surface area (Å²) in [7, 11) is -10.3. The van der Waals surface area contributed by atoms with Crippen molar-refractivity contribution in [1.29, 1.82) is 0 Å². The van der Waals surface area contributed by atoms with Crippen molar-refractivity contribution >= 4 is 33.0 Å². The molecule has 12 heteroatoms. The summed E-state index contributed by atoms with van der Waals surface area (Å²) in [4.78, 5) is 48.6. The Morgan fingerprint density at radius 1 is 0.833 bits per heavy atom. The molecule has 0 aromatic carbocycles. The maximum absolute atomic E-state index is 8.66. The Morgan fingerprint density at radius 3 is 0.833 bits per heavy atom. The molecule has 64 valence electrons. The van der Waals surface area contributed by atoms with Gasteiger partial charge < -0.3 is 38.5 Å². The van der Waals surface area contributed by atoms with Gasteiger partial charge in [-0.1, -0.05) is 0 Å². The second-order valence-corrected chi connectivity index (χ2v) is 2.81. The van der Waals surface area contributed by atoms with Gasteiger partial charge in [0.05, 0.1) is 15.6 Å². The van der Waals surface area contributed by atoms with Crippen LogP contribution in [0.4, 0.5) is 0 Å². The van der Waals surface area contributed by atoms with Gasteiger partial charge in [0.2, 0.25) is 0 Å². The first-order valence-electron chi connectivity index (χ1n) is 1.50. The molecule has 0 atom stereocenters. The third-order valence-electron chi connectivity index (χ3n) is 0. The van der Waals surface area contributed by atoms with Crippen LogP contribution in [0.1, 0.15) is 0 Å². The zero-order valence-electron chi connectivity index (χ0n) is 5.82. The molecule has 0 bridgehead atoms. The van der Waals surface area contributed by atoms with Gasteiger partial charge in [0, 0.05) is 0 Å². The van der Waals surface area contributed by atoms with Crippen LogP contribution < -0.4 is 49.1 Å². The van der Waals surface area contributed by atoms with Gasteiger partial charge >= 0.3 is 46.9 Å². The third-order valence-corrected chi connectivity index (χ3v) is 0. The van der Waals surface area contributed by atoms with E-state index in [1.807, 2.05) is 0 Å². The molecule has 0 aromatic heterocycles. The molecule has 0 spiro atoms. The van der Waals surface area contributed by atoms with Gasteiger partial charge in [0.1, 0.15) is 0 Å². The van der Waals surface area contributed by atoms with Crippen LogP contribution in [0, 0.1) is 0 Å². The van der Waals surface area contributed by atoms with E-state index in [9.17, 15) is 0 Å². The first-order valence-corrected chi connectivity index (χ1v) is 4.49. The Kier molecular flexibility index (Phi) is 18.2. The summed E-state index contributed by atoms with van der Waals surface area (Å²) >= 11 is 0. The smallest absolute Gasteiger partial charge is 0.790 e. The van der Waals surface area contributed by atoms with Crippen molar-refractivity contribution in [2.75, 3.05) is 0 Å². The van der Waals surface area contributed by atoms with E-state index in [1.165, 1.54) is 0 Å². The molecule has 0 saturated carbocycles. The maximum Gasteiger partial charge on any atom is 3.00 e. The first-order chi connectivity index (χ1) is 4.00. The molecule has 0 radical (unpaired) electrons. The van der Waals surface area contributed by atoms with Gasteiger partial charge in [-0.2, -0.15) is 0 Å². The fraction of sp³-hybridized carbons (Fsp3) is 0.